The Morgan fingerprint density at radius 3 is 2.43 bits per heavy atom. The molecule has 0 aliphatic carbocycles. The van der Waals surface area contributed by atoms with Crippen molar-refractivity contribution in [2.45, 2.75) is 31.7 Å². The van der Waals surface area contributed by atoms with E-state index in [1.165, 1.54) is 5.56 Å². The molecule has 1 amide bonds. The van der Waals surface area contributed by atoms with Crippen molar-refractivity contribution in [2.75, 3.05) is 13.1 Å². The van der Waals surface area contributed by atoms with Gasteiger partial charge in [0, 0.05) is 19.5 Å². The number of benzene rings is 1. The molecule has 0 spiro atoms. The van der Waals surface area contributed by atoms with E-state index in [1.807, 2.05) is 23.1 Å². The second-order valence-corrected chi connectivity index (χ2v) is 5.45. The predicted molar refractivity (Wildman–Crippen MR) is 79.6 cm³/mol. The molecular formula is C16H20N4O. The third kappa shape index (κ3) is 3.48. The summed E-state index contributed by atoms with van der Waals surface area (Å²) in [5, 5.41) is 8.38. The number of carbonyl (C=O) groups is 1. The molecule has 1 aliphatic rings. The van der Waals surface area contributed by atoms with E-state index in [0.717, 1.165) is 32.4 Å². The Bertz CT molecular complexity index is 559. The molecule has 0 radical (unpaired) electrons. The lowest BCUT2D eigenvalue weighted by Crippen LogP contribution is -2.39. The standard InChI is InChI=1S/C16H20N4O/c21-16(7-6-14-4-2-1-3-5-14)19-12-8-15(9-13-19)20-17-10-11-18-20/h1-5,10-11,15H,6-9,12-13H2. The molecule has 2 aromatic rings. The highest BCUT2D eigenvalue weighted by atomic mass is 16.2. The maximum absolute atomic E-state index is 12.3. The molecule has 5 nitrogen and oxygen atoms in total. The first-order chi connectivity index (χ1) is 10.3. The van der Waals surface area contributed by atoms with Gasteiger partial charge in [-0.1, -0.05) is 30.3 Å². The number of hydrogen-bond acceptors (Lipinski definition) is 3. The molecule has 5 heteroatoms. The molecule has 21 heavy (non-hydrogen) atoms. The van der Waals surface area contributed by atoms with Crippen LogP contribution in [0.25, 0.3) is 0 Å². The molecule has 1 aliphatic heterocycles. The van der Waals surface area contributed by atoms with Crippen LogP contribution in [0.4, 0.5) is 0 Å². The summed E-state index contributed by atoms with van der Waals surface area (Å²) >= 11 is 0. The summed E-state index contributed by atoms with van der Waals surface area (Å²) in [6.45, 7) is 1.61. The lowest BCUT2D eigenvalue weighted by atomic mass is 10.0. The lowest BCUT2D eigenvalue weighted by Gasteiger charge is -2.31. The average Bonchev–Trinajstić information content (AvgIpc) is 3.08. The largest absolute Gasteiger partial charge is 0.343 e. The molecule has 1 aromatic heterocycles. The van der Waals surface area contributed by atoms with E-state index in [1.54, 1.807) is 17.2 Å². The molecule has 3 rings (SSSR count). The normalized spacial score (nSPS) is 16.1. The van der Waals surface area contributed by atoms with Crippen LogP contribution in [0.2, 0.25) is 0 Å². The first-order valence-corrected chi connectivity index (χ1v) is 7.50. The lowest BCUT2D eigenvalue weighted by molar-refractivity contribution is -0.132. The summed E-state index contributed by atoms with van der Waals surface area (Å²) in [6, 6.07) is 10.5. The van der Waals surface area contributed by atoms with Gasteiger partial charge in [-0.2, -0.15) is 15.0 Å². The van der Waals surface area contributed by atoms with Crippen LogP contribution in [0, 0.1) is 0 Å². The van der Waals surface area contributed by atoms with E-state index < -0.39 is 0 Å². The third-order valence-corrected chi connectivity index (χ3v) is 4.05. The van der Waals surface area contributed by atoms with E-state index in [2.05, 4.69) is 22.3 Å². The smallest absolute Gasteiger partial charge is 0.222 e. The number of aryl methyl sites for hydroxylation is 1. The van der Waals surface area contributed by atoms with Crippen molar-refractivity contribution in [1.82, 2.24) is 19.9 Å². The highest BCUT2D eigenvalue weighted by molar-refractivity contribution is 5.76. The van der Waals surface area contributed by atoms with Crippen LogP contribution in [0.3, 0.4) is 0 Å². The van der Waals surface area contributed by atoms with Gasteiger partial charge in [0.15, 0.2) is 0 Å². The van der Waals surface area contributed by atoms with Crippen LogP contribution < -0.4 is 0 Å². The van der Waals surface area contributed by atoms with E-state index in [9.17, 15) is 4.79 Å². The molecule has 2 heterocycles. The molecule has 1 saturated heterocycles. The summed E-state index contributed by atoms with van der Waals surface area (Å²) < 4.78 is 0. The van der Waals surface area contributed by atoms with Crippen LogP contribution in [0.15, 0.2) is 42.7 Å². The van der Waals surface area contributed by atoms with Gasteiger partial charge in [-0.15, -0.1) is 0 Å². The Morgan fingerprint density at radius 1 is 1.10 bits per heavy atom. The zero-order valence-corrected chi connectivity index (χ0v) is 12.1. The Hall–Kier alpha value is -2.17. The van der Waals surface area contributed by atoms with Crippen molar-refractivity contribution in [3.05, 3.63) is 48.3 Å². The van der Waals surface area contributed by atoms with Crippen LogP contribution in [-0.2, 0) is 11.2 Å². The maximum atomic E-state index is 12.3. The zero-order chi connectivity index (χ0) is 14.5. The van der Waals surface area contributed by atoms with Crippen molar-refractivity contribution in [1.29, 1.82) is 0 Å². The number of amides is 1. The molecule has 0 unspecified atom stereocenters. The van der Waals surface area contributed by atoms with Gasteiger partial charge in [0.1, 0.15) is 0 Å². The van der Waals surface area contributed by atoms with E-state index in [4.69, 9.17) is 0 Å². The fourth-order valence-corrected chi connectivity index (χ4v) is 2.81. The van der Waals surface area contributed by atoms with Crippen molar-refractivity contribution in [2.24, 2.45) is 0 Å². The minimum Gasteiger partial charge on any atom is -0.343 e. The Kier molecular flexibility index (Phi) is 4.28. The van der Waals surface area contributed by atoms with Gasteiger partial charge < -0.3 is 4.90 Å². The maximum Gasteiger partial charge on any atom is 0.222 e. The van der Waals surface area contributed by atoms with Crippen LogP contribution in [0.5, 0.6) is 0 Å². The number of carbonyl (C=O) groups excluding carboxylic acids is 1. The number of aromatic nitrogens is 3. The van der Waals surface area contributed by atoms with E-state index in [-0.39, 0.29) is 5.91 Å². The van der Waals surface area contributed by atoms with Gasteiger partial charge in [-0.05, 0) is 24.8 Å². The molecule has 0 bridgehead atoms. The van der Waals surface area contributed by atoms with Gasteiger partial charge in [0.25, 0.3) is 0 Å². The predicted octanol–water partition coefficient (Wildman–Crippen LogP) is 2.07. The fourth-order valence-electron chi connectivity index (χ4n) is 2.81. The number of piperidine rings is 1. The molecule has 0 N–H and O–H groups in total. The van der Waals surface area contributed by atoms with Gasteiger partial charge in [0.05, 0.1) is 18.4 Å². The Labute approximate surface area is 124 Å². The average molecular weight is 284 g/mol. The number of hydrogen-bond donors (Lipinski definition) is 0. The topological polar surface area (TPSA) is 51.0 Å². The molecule has 0 atom stereocenters. The Morgan fingerprint density at radius 2 is 1.76 bits per heavy atom. The molecule has 1 aromatic carbocycles. The fraction of sp³-hybridized carbons (Fsp3) is 0.438. The third-order valence-electron chi connectivity index (χ3n) is 4.05. The first-order valence-electron chi connectivity index (χ1n) is 7.50. The first kappa shape index (κ1) is 13.8. The van der Waals surface area contributed by atoms with E-state index >= 15 is 0 Å². The van der Waals surface area contributed by atoms with Crippen LogP contribution >= 0.6 is 0 Å². The summed E-state index contributed by atoms with van der Waals surface area (Å²) in [5.74, 6) is 0.255. The van der Waals surface area contributed by atoms with Crippen LogP contribution in [-0.4, -0.2) is 38.9 Å². The minimum atomic E-state index is 0.255. The van der Waals surface area contributed by atoms with Crippen molar-refractivity contribution < 1.29 is 4.79 Å². The van der Waals surface area contributed by atoms with Crippen LogP contribution in [0.1, 0.15) is 30.9 Å². The number of rotatable bonds is 4. The molecule has 0 saturated carbocycles. The molecule has 110 valence electrons. The summed E-state index contributed by atoms with van der Waals surface area (Å²) in [6.07, 6.45) is 6.70. The van der Waals surface area contributed by atoms with Crippen molar-refractivity contribution >= 4 is 5.91 Å². The zero-order valence-electron chi connectivity index (χ0n) is 12.1. The number of nitrogens with zero attached hydrogens (tertiary/aromatic N) is 4. The highest BCUT2D eigenvalue weighted by Crippen LogP contribution is 2.21. The molecular weight excluding hydrogens is 264 g/mol. The van der Waals surface area contributed by atoms with E-state index in [0.29, 0.717) is 12.5 Å². The Balaban J connectivity index is 1.47. The molecule has 1 fully saturated rings. The second kappa shape index (κ2) is 6.52. The quantitative estimate of drug-likeness (QED) is 0.863. The summed E-state index contributed by atoms with van der Waals surface area (Å²) in [5.41, 5.74) is 1.22. The van der Waals surface area contributed by atoms with Gasteiger partial charge in [0.2, 0.25) is 5.91 Å². The van der Waals surface area contributed by atoms with Gasteiger partial charge in [-0.25, -0.2) is 0 Å². The minimum absolute atomic E-state index is 0.255. The van der Waals surface area contributed by atoms with Gasteiger partial charge in [-0.3, -0.25) is 4.79 Å². The van der Waals surface area contributed by atoms with Gasteiger partial charge >= 0.3 is 0 Å². The SMILES string of the molecule is O=C(CCc1ccccc1)N1CCC(n2nccn2)CC1. The monoisotopic (exact) mass is 284 g/mol. The summed E-state index contributed by atoms with van der Waals surface area (Å²) in [7, 11) is 0. The van der Waals surface area contributed by atoms with Crippen molar-refractivity contribution in [3.8, 4) is 0 Å². The highest BCUT2D eigenvalue weighted by Gasteiger charge is 2.24. The number of likely N-dealkylation sites (tertiary alicyclic amines) is 1. The summed E-state index contributed by atoms with van der Waals surface area (Å²) in [4.78, 5) is 16.0. The van der Waals surface area contributed by atoms with Crippen molar-refractivity contribution in [3.63, 3.8) is 0 Å². The second-order valence-electron chi connectivity index (χ2n) is 5.45.